The zero-order valence-corrected chi connectivity index (χ0v) is 13.1. The summed E-state index contributed by atoms with van der Waals surface area (Å²) in [6.07, 6.45) is 2.92. The average Bonchev–Trinajstić information content (AvgIpc) is 2.85. The van der Waals surface area contributed by atoms with Gasteiger partial charge >= 0.3 is 0 Å². The molecule has 1 aromatic heterocycles. The van der Waals surface area contributed by atoms with Crippen molar-refractivity contribution in [3.05, 3.63) is 41.0 Å². The Balaban J connectivity index is 2.37. The summed E-state index contributed by atoms with van der Waals surface area (Å²) in [6.45, 7) is 8.21. The van der Waals surface area contributed by atoms with E-state index in [2.05, 4.69) is 43.3 Å². The monoisotopic (exact) mass is 291 g/mol. The Hall–Kier alpha value is -1.32. The molecule has 2 rings (SSSR count). The van der Waals surface area contributed by atoms with Crippen LogP contribution in [0.3, 0.4) is 0 Å². The molecular weight excluding hydrogens is 270 g/mol. The van der Waals surface area contributed by atoms with Gasteiger partial charge in [-0.2, -0.15) is 5.10 Å². The van der Waals surface area contributed by atoms with Gasteiger partial charge in [-0.05, 0) is 30.2 Å². The SMILES string of the molecule is CCCn1nccc1-c1cc(Cl)ccc1CNC(C)C. The Morgan fingerprint density at radius 1 is 1.30 bits per heavy atom. The third-order valence-corrected chi connectivity index (χ3v) is 3.44. The fraction of sp³-hybridized carbons (Fsp3) is 0.438. The van der Waals surface area contributed by atoms with Gasteiger partial charge in [-0.15, -0.1) is 0 Å². The summed E-state index contributed by atoms with van der Waals surface area (Å²) in [6, 6.07) is 8.58. The molecule has 0 saturated carbocycles. The highest BCUT2D eigenvalue weighted by atomic mass is 35.5. The Morgan fingerprint density at radius 3 is 2.80 bits per heavy atom. The molecule has 0 unspecified atom stereocenters. The van der Waals surface area contributed by atoms with Gasteiger partial charge in [-0.3, -0.25) is 4.68 Å². The van der Waals surface area contributed by atoms with Gasteiger partial charge < -0.3 is 5.32 Å². The molecule has 0 atom stereocenters. The van der Waals surface area contributed by atoms with Crippen molar-refractivity contribution in [1.29, 1.82) is 0 Å². The first kappa shape index (κ1) is 15.1. The van der Waals surface area contributed by atoms with Crippen molar-refractivity contribution in [3.63, 3.8) is 0 Å². The molecule has 0 bridgehead atoms. The zero-order chi connectivity index (χ0) is 14.5. The van der Waals surface area contributed by atoms with Crippen LogP contribution < -0.4 is 5.32 Å². The number of nitrogens with one attached hydrogen (secondary N) is 1. The van der Waals surface area contributed by atoms with Crippen LogP contribution in [0.5, 0.6) is 0 Å². The van der Waals surface area contributed by atoms with Gasteiger partial charge in [0.05, 0.1) is 5.69 Å². The van der Waals surface area contributed by atoms with Gasteiger partial charge in [0.15, 0.2) is 0 Å². The van der Waals surface area contributed by atoms with Gasteiger partial charge in [0.25, 0.3) is 0 Å². The fourth-order valence-corrected chi connectivity index (χ4v) is 2.38. The maximum absolute atomic E-state index is 6.18. The highest BCUT2D eigenvalue weighted by Gasteiger charge is 2.11. The van der Waals surface area contributed by atoms with E-state index in [1.54, 1.807) is 0 Å². The van der Waals surface area contributed by atoms with E-state index in [4.69, 9.17) is 11.6 Å². The summed E-state index contributed by atoms with van der Waals surface area (Å²) in [5, 5.41) is 8.63. The number of aromatic nitrogens is 2. The second-order valence-corrected chi connectivity index (χ2v) is 5.71. The van der Waals surface area contributed by atoms with Crippen molar-refractivity contribution in [2.24, 2.45) is 0 Å². The molecule has 0 saturated heterocycles. The summed E-state index contributed by atoms with van der Waals surface area (Å²) in [5.41, 5.74) is 3.55. The van der Waals surface area contributed by atoms with Crippen LogP contribution in [0, 0.1) is 0 Å². The molecule has 1 heterocycles. The molecular formula is C16H22ClN3. The van der Waals surface area contributed by atoms with Crippen molar-refractivity contribution in [2.45, 2.75) is 46.3 Å². The standard InChI is InChI=1S/C16H22ClN3/c1-4-9-20-16(7-8-19-20)15-10-14(17)6-5-13(15)11-18-12(2)3/h5-8,10,12,18H,4,9,11H2,1-3H3. The molecule has 0 aliphatic carbocycles. The molecule has 3 nitrogen and oxygen atoms in total. The van der Waals surface area contributed by atoms with E-state index in [-0.39, 0.29) is 0 Å². The van der Waals surface area contributed by atoms with Crippen LogP contribution in [0.15, 0.2) is 30.5 Å². The Morgan fingerprint density at radius 2 is 2.10 bits per heavy atom. The minimum atomic E-state index is 0.457. The quantitative estimate of drug-likeness (QED) is 0.868. The van der Waals surface area contributed by atoms with E-state index < -0.39 is 0 Å². The predicted molar refractivity (Wildman–Crippen MR) is 84.9 cm³/mol. The van der Waals surface area contributed by atoms with Crippen LogP contribution in [0.2, 0.25) is 5.02 Å². The van der Waals surface area contributed by atoms with Crippen LogP contribution >= 0.6 is 11.6 Å². The molecule has 2 aromatic rings. The zero-order valence-electron chi connectivity index (χ0n) is 12.4. The van der Waals surface area contributed by atoms with E-state index in [9.17, 15) is 0 Å². The first-order valence-electron chi connectivity index (χ1n) is 7.15. The lowest BCUT2D eigenvalue weighted by atomic mass is 10.0. The molecule has 0 spiro atoms. The molecule has 0 aliphatic rings. The molecule has 4 heteroatoms. The van der Waals surface area contributed by atoms with Crippen LogP contribution in [0.4, 0.5) is 0 Å². The lowest BCUT2D eigenvalue weighted by Gasteiger charge is -2.14. The van der Waals surface area contributed by atoms with Gasteiger partial charge in [0.2, 0.25) is 0 Å². The summed E-state index contributed by atoms with van der Waals surface area (Å²) >= 11 is 6.18. The highest BCUT2D eigenvalue weighted by Crippen LogP contribution is 2.27. The number of aryl methyl sites for hydroxylation is 1. The minimum absolute atomic E-state index is 0.457. The van der Waals surface area contributed by atoms with Gasteiger partial charge in [-0.1, -0.05) is 38.4 Å². The number of halogens is 1. The summed E-state index contributed by atoms with van der Waals surface area (Å²) in [5.74, 6) is 0. The van der Waals surface area contributed by atoms with Crippen molar-refractivity contribution in [3.8, 4) is 11.3 Å². The Bertz CT molecular complexity index is 561. The average molecular weight is 292 g/mol. The minimum Gasteiger partial charge on any atom is -0.310 e. The molecule has 1 aromatic carbocycles. The number of rotatable bonds is 6. The van der Waals surface area contributed by atoms with Crippen LogP contribution in [0.25, 0.3) is 11.3 Å². The van der Waals surface area contributed by atoms with E-state index >= 15 is 0 Å². The molecule has 108 valence electrons. The topological polar surface area (TPSA) is 29.9 Å². The second kappa shape index (κ2) is 6.91. The van der Waals surface area contributed by atoms with Crippen molar-refractivity contribution in [2.75, 3.05) is 0 Å². The molecule has 1 N–H and O–H groups in total. The Kier molecular flexibility index (Phi) is 5.21. The Labute approximate surface area is 126 Å². The number of benzene rings is 1. The van der Waals surface area contributed by atoms with Crippen molar-refractivity contribution < 1.29 is 0 Å². The second-order valence-electron chi connectivity index (χ2n) is 5.28. The predicted octanol–water partition coefficient (Wildman–Crippen LogP) is 4.11. The van der Waals surface area contributed by atoms with Gasteiger partial charge in [0, 0.05) is 35.9 Å². The number of hydrogen-bond donors (Lipinski definition) is 1. The van der Waals surface area contributed by atoms with Gasteiger partial charge in [-0.25, -0.2) is 0 Å². The summed E-state index contributed by atoms with van der Waals surface area (Å²) in [4.78, 5) is 0. The molecule has 0 amide bonds. The fourth-order valence-electron chi connectivity index (χ4n) is 2.21. The van der Waals surface area contributed by atoms with Crippen LogP contribution in [-0.2, 0) is 13.1 Å². The van der Waals surface area contributed by atoms with E-state index in [1.807, 2.05) is 23.0 Å². The van der Waals surface area contributed by atoms with E-state index in [0.717, 1.165) is 35.8 Å². The summed E-state index contributed by atoms with van der Waals surface area (Å²) < 4.78 is 2.05. The first-order valence-corrected chi connectivity index (χ1v) is 7.53. The maximum Gasteiger partial charge on any atom is 0.0685 e. The smallest absolute Gasteiger partial charge is 0.0685 e. The third kappa shape index (κ3) is 3.62. The lowest BCUT2D eigenvalue weighted by Crippen LogP contribution is -2.22. The maximum atomic E-state index is 6.18. The molecule has 20 heavy (non-hydrogen) atoms. The highest BCUT2D eigenvalue weighted by molar-refractivity contribution is 6.30. The molecule has 0 radical (unpaired) electrons. The first-order chi connectivity index (χ1) is 9.61. The van der Waals surface area contributed by atoms with Crippen molar-refractivity contribution in [1.82, 2.24) is 15.1 Å². The number of hydrogen-bond acceptors (Lipinski definition) is 2. The van der Waals surface area contributed by atoms with Crippen LogP contribution in [-0.4, -0.2) is 15.8 Å². The van der Waals surface area contributed by atoms with E-state index in [0.29, 0.717) is 6.04 Å². The third-order valence-electron chi connectivity index (χ3n) is 3.20. The summed E-state index contributed by atoms with van der Waals surface area (Å²) in [7, 11) is 0. The number of nitrogens with zero attached hydrogens (tertiary/aromatic N) is 2. The molecule has 0 fully saturated rings. The van der Waals surface area contributed by atoms with Crippen molar-refractivity contribution >= 4 is 11.6 Å². The molecule has 0 aliphatic heterocycles. The van der Waals surface area contributed by atoms with Gasteiger partial charge in [0.1, 0.15) is 0 Å². The lowest BCUT2D eigenvalue weighted by molar-refractivity contribution is 0.587. The normalized spacial score (nSPS) is 11.2. The van der Waals surface area contributed by atoms with Crippen LogP contribution in [0.1, 0.15) is 32.8 Å². The van der Waals surface area contributed by atoms with E-state index in [1.165, 1.54) is 5.56 Å². The largest absolute Gasteiger partial charge is 0.310 e.